The Bertz CT molecular complexity index is 822. The molecule has 2 N–H and O–H groups in total. The highest BCUT2D eigenvalue weighted by Gasteiger charge is 2.56. The molecule has 0 aliphatic heterocycles. The summed E-state index contributed by atoms with van der Waals surface area (Å²) in [6, 6.07) is 13.6. The fourth-order valence-electron chi connectivity index (χ4n) is 2.99. The Labute approximate surface area is 148 Å². The second kappa shape index (κ2) is 6.71. The van der Waals surface area contributed by atoms with Crippen LogP contribution in [0.2, 0.25) is 0 Å². The molecular weight excluding hydrogens is 312 g/mol. The van der Waals surface area contributed by atoms with Gasteiger partial charge in [0.25, 0.3) is 0 Å². The lowest BCUT2D eigenvalue weighted by molar-refractivity contribution is -0.131. The van der Waals surface area contributed by atoms with Crippen molar-refractivity contribution in [3.8, 4) is 0 Å². The molecule has 2 amide bonds. The number of aryl methyl sites for hydroxylation is 3. The quantitative estimate of drug-likeness (QED) is 0.803. The largest absolute Gasteiger partial charge is 0.325 e. The van der Waals surface area contributed by atoms with Crippen LogP contribution in [0, 0.1) is 19.3 Å². The summed E-state index contributed by atoms with van der Waals surface area (Å²) in [5.41, 5.74) is 3.76. The second-order valence-corrected chi connectivity index (χ2v) is 6.82. The van der Waals surface area contributed by atoms with E-state index in [9.17, 15) is 9.59 Å². The molecule has 2 aromatic carbocycles. The van der Waals surface area contributed by atoms with Crippen molar-refractivity contribution in [1.82, 2.24) is 0 Å². The fraction of sp³-hybridized carbons (Fsp3) is 0.333. The van der Waals surface area contributed by atoms with E-state index in [-0.39, 0.29) is 11.8 Å². The number of amides is 2. The van der Waals surface area contributed by atoms with Gasteiger partial charge in [0.05, 0.1) is 0 Å². The molecule has 2 aromatic rings. The van der Waals surface area contributed by atoms with E-state index < -0.39 is 5.41 Å². The third kappa shape index (κ3) is 3.43. The molecule has 1 fully saturated rings. The number of rotatable bonds is 5. The van der Waals surface area contributed by atoms with Crippen molar-refractivity contribution in [2.45, 2.75) is 40.0 Å². The minimum atomic E-state index is -0.947. The summed E-state index contributed by atoms with van der Waals surface area (Å²) < 4.78 is 0. The molecule has 4 nitrogen and oxygen atoms in total. The molecule has 1 saturated carbocycles. The van der Waals surface area contributed by atoms with Crippen molar-refractivity contribution in [3.63, 3.8) is 0 Å². The highest BCUT2D eigenvalue weighted by atomic mass is 16.2. The number of anilines is 2. The van der Waals surface area contributed by atoms with Crippen LogP contribution >= 0.6 is 0 Å². The van der Waals surface area contributed by atoms with Crippen LogP contribution in [-0.2, 0) is 16.0 Å². The van der Waals surface area contributed by atoms with E-state index in [0.717, 1.165) is 34.5 Å². The lowest BCUT2D eigenvalue weighted by Gasteiger charge is -2.18. The van der Waals surface area contributed by atoms with Crippen molar-refractivity contribution < 1.29 is 9.59 Å². The lowest BCUT2D eigenvalue weighted by atomic mass is 10.0. The van der Waals surface area contributed by atoms with Gasteiger partial charge in [-0.15, -0.1) is 0 Å². The van der Waals surface area contributed by atoms with E-state index in [0.29, 0.717) is 12.8 Å². The smallest absolute Gasteiger partial charge is 0.240 e. The molecule has 0 unspecified atom stereocenters. The monoisotopic (exact) mass is 336 g/mol. The average Bonchev–Trinajstić information content (AvgIpc) is 3.40. The number of carbonyl (C=O) groups excluding carboxylic acids is 2. The first-order chi connectivity index (χ1) is 12.0. The zero-order chi connectivity index (χ0) is 18.0. The van der Waals surface area contributed by atoms with Crippen molar-refractivity contribution in [2.75, 3.05) is 10.6 Å². The van der Waals surface area contributed by atoms with Crippen LogP contribution in [0.3, 0.4) is 0 Å². The zero-order valence-corrected chi connectivity index (χ0v) is 15.0. The van der Waals surface area contributed by atoms with Crippen LogP contribution in [-0.4, -0.2) is 11.8 Å². The molecule has 130 valence electrons. The molecule has 0 aromatic heterocycles. The molecular formula is C21H24N2O2. The number of carbonyl (C=O) groups is 2. The van der Waals surface area contributed by atoms with Crippen LogP contribution in [0.15, 0.2) is 42.5 Å². The topological polar surface area (TPSA) is 58.2 Å². The predicted molar refractivity (Wildman–Crippen MR) is 101 cm³/mol. The molecule has 3 rings (SSSR count). The van der Waals surface area contributed by atoms with Crippen molar-refractivity contribution in [2.24, 2.45) is 5.41 Å². The Morgan fingerprint density at radius 2 is 1.60 bits per heavy atom. The van der Waals surface area contributed by atoms with Crippen LogP contribution in [0.5, 0.6) is 0 Å². The van der Waals surface area contributed by atoms with E-state index in [1.807, 2.05) is 63.2 Å². The van der Waals surface area contributed by atoms with E-state index in [1.165, 1.54) is 0 Å². The maximum Gasteiger partial charge on any atom is 0.240 e. The maximum absolute atomic E-state index is 12.8. The van der Waals surface area contributed by atoms with Crippen molar-refractivity contribution in [3.05, 3.63) is 59.2 Å². The summed E-state index contributed by atoms with van der Waals surface area (Å²) >= 11 is 0. The Balaban J connectivity index is 1.76. The van der Waals surface area contributed by atoms with Gasteiger partial charge < -0.3 is 10.6 Å². The SMILES string of the molecule is CCc1ccccc1NC(=O)C1(C(=O)Nc2cc(C)ccc2C)CC1. The predicted octanol–water partition coefficient (Wildman–Crippen LogP) is 4.22. The first kappa shape index (κ1) is 17.2. The average molecular weight is 336 g/mol. The van der Waals surface area contributed by atoms with Gasteiger partial charge >= 0.3 is 0 Å². The van der Waals surface area contributed by atoms with E-state index >= 15 is 0 Å². The summed E-state index contributed by atoms with van der Waals surface area (Å²) in [6.07, 6.45) is 2.01. The maximum atomic E-state index is 12.8. The number of hydrogen-bond donors (Lipinski definition) is 2. The van der Waals surface area contributed by atoms with Crippen molar-refractivity contribution >= 4 is 23.2 Å². The Kier molecular flexibility index (Phi) is 4.62. The van der Waals surface area contributed by atoms with Gasteiger partial charge in [0.1, 0.15) is 5.41 Å². The molecule has 1 aliphatic rings. The van der Waals surface area contributed by atoms with E-state index in [2.05, 4.69) is 10.6 Å². The number of para-hydroxylation sites is 1. The molecule has 0 atom stereocenters. The Morgan fingerprint density at radius 3 is 2.24 bits per heavy atom. The summed E-state index contributed by atoms with van der Waals surface area (Å²) in [5.74, 6) is -0.427. The highest BCUT2D eigenvalue weighted by Crippen LogP contribution is 2.47. The van der Waals surface area contributed by atoms with Gasteiger partial charge in [0.2, 0.25) is 11.8 Å². The minimum absolute atomic E-state index is 0.212. The van der Waals surface area contributed by atoms with Crippen LogP contribution < -0.4 is 10.6 Å². The number of benzene rings is 2. The molecule has 0 bridgehead atoms. The van der Waals surface area contributed by atoms with Crippen LogP contribution in [0.25, 0.3) is 0 Å². The third-order valence-corrected chi connectivity index (χ3v) is 4.91. The third-order valence-electron chi connectivity index (χ3n) is 4.91. The lowest BCUT2D eigenvalue weighted by Crippen LogP contribution is -2.36. The van der Waals surface area contributed by atoms with Gasteiger partial charge in [-0.1, -0.05) is 37.3 Å². The molecule has 25 heavy (non-hydrogen) atoms. The number of hydrogen-bond acceptors (Lipinski definition) is 2. The first-order valence-electron chi connectivity index (χ1n) is 8.74. The molecule has 4 heteroatoms. The highest BCUT2D eigenvalue weighted by molar-refractivity contribution is 6.17. The van der Waals surface area contributed by atoms with Crippen molar-refractivity contribution in [1.29, 1.82) is 0 Å². The summed E-state index contributed by atoms with van der Waals surface area (Å²) in [7, 11) is 0. The minimum Gasteiger partial charge on any atom is -0.325 e. The standard InChI is InChI=1S/C21H24N2O2/c1-4-16-7-5-6-8-17(16)22-19(24)21(11-12-21)20(25)23-18-13-14(2)9-10-15(18)3/h5-10,13H,4,11-12H2,1-3H3,(H,22,24)(H,23,25). The summed E-state index contributed by atoms with van der Waals surface area (Å²) in [5, 5.41) is 5.91. The molecule has 1 aliphatic carbocycles. The van der Waals surface area contributed by atoms with E-state index in [4.69, 9.17) is 0 Å². The molecule has 0 spiro atoms. The van der Waals surface area contributed by atoms with Crippen LogP contribution in [0.1, 0.15) is 36.5 Å². The fourth-order valence-corrected chi connectivity index (χ4v) is 2.99. The Morgan fingerprint density at radius 1 is 0.960 bits per heavy atom. The summed E-state index contributed by atoms with van der Waals surface area (Å²) in [6.45, 7) is 5.98. The molecule has 0 saturated heterocycles. The normalized spacial score (nSPS) is 14.7. The van der Waals surface area contributed by atoms with Gasteiger partial charge in [-0.3, -0.25) is 9.59 Å². The van der Waals surface area contributed by atoms with E-state index in [1.54, 1.807) is 0 Å². The van der Waals surface area contributed by atoms with Crippen LogP contribution in [0.4, 0.5) is 11.4 Å². The Hall–Kier alpha value is -2.62. The molecule has 0 heterocycles. The van der Waals surface area contributed by atoms with Gasteiger partial charge in [-0.25, -0.2) is 0 Å². The first-order valence-corrected chi connectivity index (χ1v) is 8.74. The molecule has 0 radical (unpaired) electrons. The zero-order valence-electron chi connectivity index (χ0n) is 15.0. The van der Waals surface area contributed by atoms with Gasteiger partial charge in [-0.2, -0.15) is 0 Å². The second-order valence-electron chi connectivity index (χ2n) is 6.82. The van der Waals surface area contributed by atoms with Gasteiger partial charge in [0, 0.05) is 11.4 Å². The van der Waals surface area contributed by atoms with Gasteiger partial charge in [-0.05, 0) is 61.9 Å². The van der Waals surface area contributed by atoms with Gasteiger partial charge in [0.15, 0.2) is 0 Å². The number of nitrogens with one attached hydrogen (secondary N) is 2. The summed E-state index contributed by atoms with van der Waals surface area (Å²) in [4.78, 5) is 25.6.